The molecule has 0 spiro atoms. The van der Waals surface area contributed by atoms with Crippen LogP contribution in [0.15, 0.2) is 52.1 Å². The van der Waals surface area contributed by atoms with E-state index in [1.807, 2.05) is 30.3 Å². The van der Waals surface area contributed by atoms with Crippen molar-refractivity contribution in [1.29, 1.82) is 0 Å². The lowest BCUT2D eigenvalue weighted by atomic mass is 10.1. The number of benzene rings is 1. The van der Waals surface area contributed by atoms with E-state index in [1.54, 1.807) is 17.5 Å². The molecule has 5 nitrogen and oxygen atoms in total. The van der Waals surface area contributed by atoms with Gasteiger partial charge in [-0.2, -0.15) is 0 Å². The molecule has 1 unspecified atom stereocenters. The SMILES string of the molecule is O=S(=O)(NCC(c1ccccc1)N1CCOCC1)c1cccs1. The van der Waals surface area contributed by atoms with E-state index < -0.39 is 10.0 Å². The average Bonchev–Trinajstić information content (AvgIpc) is 3.12. The molecule has 7 heteroatoms. The number of sulfonamides is 1. The Morgan fingerprint density at radius 3 is 2.52 bits per heavy atom. The zero-order valence-electron chi connectivity index (χ0n) is 12.7. The summed E-state index contributed by atoms with van der Waals surface area (Å²) in [5, 5.41) is 1.77. The fourth-order valence-corrected chi connectivity index (χ4v) is 4.77. The lowest BCUT2D eigenvalue weighted by molar-refractivity contribution is 0.0172. The summed E-state index contributed by atoms with van der Waals surface area (Å²) in [6, 6.07) is 13.4. The van der Waals surface area contributed by atoms with Crippen LogP contribution in [0.2, 0.25) is 0 Å². The fourth-order valence-electron chi connectivity index (χ4n) is 2.70. The topological polar surface area (TPSA) is 58.6 Å². The third kappa shape index (κ3) is 4.19. The molecular formula is C16H20N2O3S2. The van der Waals surface area contributed by atoms with E-state index in [1.165, 1.54) is 11.3 Å². The van der Waals surface area contributed by atoms with E-state index in [4.69, 9.17) is 4.74 Å². The molecule has 1 aliphatic rings. The predicted octanol–water partition coefficient (Wildman–Crippen LogP) is 2.10. The minimum absolute atomic E-state index is 0.00911. The lowest BCUT2D eigenvalue weighted by Gasteiger charge is -2.34. The third-order valence-electron chi connectivity index (χ3n) is 3.90. The van der Waals surface area contributed by atoms with Gasteiger partial charge in [0.05, 0.1) is 13.2 Å². The summed E-state index contributed by atoms with van der Waals surface area (Å²) in [4.78, 5) is 2.27. The van der Waals surface area contributed by atoms with Gasteiger partial charge in [0.2, 0.25) is 10.0 Å². The molecule has 3 rings (SSSR count). The van der Waals surface area contributed by atoms with Crippen LogP contribution in [0.1, 0.15) is 11.6 Å². The van der Waals surface area contributed by atoms with Gasteiger partial charge in [-0.25, -0.2) is 13.1 Å². The van der Waals surface area contributed by atoms with Gasteiger partial charge >= 0.3 is 0 Å². The molecule has 1 atom stereocenters. The zero-order chi connectivity index (χ0) is 16.1. The first-order valence-electron chi connectivity index (χ1n) is 7.57. The van der Waals surface area contributed by atoms with Crippen LogP contribution in [0, 0.1) is 0 Å². The highest BCUT2D eigenvalue weighted by atomic mass is 32.2. The van der Waals surface area contributed by atoms with Crippen molar-refractivity contribution in [3.8, 4) is 0 Å². The van der Waals surface area contributed by atoms with Crippen molar-refractivity contribution in [2.75, 3.05) is 32.8 Å². The van der Waals surface area contributed by atoms with Crippen LogP contribution in [0.3, 0.4) is 0 Å². The summed E-state index contributed by atoms with van der Waals surface area (Å²) >= 11 is 1.23. The molecule has 124 valence electrons. The van der Waals surface area contributed by atoms with E-state index in [0.29, 0.717) is 24.0 Å². The molecule has 1 aliphatic heterocycles. The second-order valence-corrected chi connectivity index (χ2v) is 8.30. The first-order chi connectivity index (χ1) is 11.2. The average molecular weight is 352 g/mol. The second kappa shape index (κ2) is 7.55. The van der Waals surface area contributed by atoms with Crippen LogP contribution >= 0.6 is 11.3 Å². The van der Waals surface area contributed by atoms with Gasteiger partial charge in [-0.1, -0.05) is 36.4 Å². The summed E-state index contributed by atoms with van der Waals surface area (Å²) in [5.41, 5.74) is 1.11. The summed E-state index contributed by atoms with van der Waals surface area (Å²) in [6.07, 6.45) is 0. The maximum absolute atomic E-state index is 12.4. The molecule has 1 N–H and O–H groups in total. The van der Waals surface area contributed by atoms with Gasteiger partial charge < -0.3 is 4.74 Å². The van der Waals surface area contributed by atoms with Crippen LogP contribution in [0.4, 0.5) is 0 Å². The summed E-state index contributed by atoms with van der Waals surface area (Å²) in [6.45, 7) is 3.33. The predicted molar refractivity (Wildman–Crippen MR) is 91.1 cm³/mol. The van der Waals surface area contributed by atoms with Gasteiger partial charge in [0.25, 0.3) is 0 Å². The minimum Gasteiger partial charge on any atom is -0.379 e. The Hall–Kier alpha value is -1.25. The summed E-state index contributed by atoms with van der Waals surface area (Å²) in [5.74, 6) is 0. The molecule has 0 radical (unpaired) electrons. The second-order valence-electron chi connectivity index (χ2n) is 5.36. The number of nitrogens with one attached hydrogen (secondary N) is 1. The largest absolute Gasteiger partial charge is 0.379 e. The Bertz CT molecular complexity index is 696. The van der Waals surface area contributed by atoms with Crippen molar-refractivity contribution in [2.24, 2.45) is 0 Å². The van der Waals surface area contributed by atoms with E-state index >= 15 is 0 Å². The van der Waals surface area contributed by atoms with Crippen LogP contribution < -0.4 is 4.72 Å². The van der Waals surface area contributed by atoms with Crippen molar-refractivity contribution >= 4 is 21.4 Å². The molecule has 1 saturated heterocycles. The van der Waals surface area contributed by atoms with Crippen LogP contribution in [0.5, 0.6) is 0 Å². The number of hydrogen-bond donors (Lipinski definition) is 1. The Morgan fingerprint density at radius 1 is 1.13 bits per heavy atom. The summed E-state index contributed by atoms with van der Waals surface area (Å²) < 4.78 is 33.3. The van der Waals surface area contributed by atoms with Crippen molar-refractivity contribution in [3.05, 3.63) is 53.4 Å². The molecule has 0 saturated carbocycles. The molecule has 23 heavy (non-hydrogen) atoms. The minimum atomic E-state index is -3.45. The number of thiophene rings is 1. The van der Waals surface area contributed by atoms with E-state index in [-0.39, 0.29) is 6.04 Å². The van der Waals surface area contributed by atoms with Crippen molar-refractivity contribution in [1.82, 2.24) is 9.62 Å². The first-order valence-corrected chi connectivity index (χ1v) is 9.93. The van der Waals surface area contributed by atoms with E-state index in [0.717, 1.165) is 18.7 Å². The number of rotatable bonds is 6. The number of hydrogen-bond acceptors (Lipinski definition) is 5. The monoisotopic (exact) mass is 352 g/mol. The highest BCUT2D eigenvalue weighted by Gasteiger charge is 2.25. The fraction of sp³-hybridized carbons (Fsp3) is 0.375. The van der Waals surface area contributed by atoms with Gasteiger partial charge in [-0.05, 0) is 17.0 Å². The molecule has 0 aliphatic carbocycles. The van der Waals surface area contributed by atoms with Crippen molar-refractivity contribution in [2.45, 2.75) is 10.3 Å². The van der Waals surface area contributed by atoms with Crippen LogP contribution in [0.25, 0.3) is 0 Å². The Labute approximate surface area is 140 Å². The molecule has 0 amide bonds. The number of nitrogens with zero attached hydrogens (tertiary/aromatic N) is 1. The van der Waals surface area contributed by atoms with Gasteiger partial charge in [0.15, 0.2) is 0 Å². The smallest absolute Gasteiger partial charge is 0.250 e. The van der Waals surface area contributed by atoms with Gasteiger partial charge in [0, 0.05) is 25.7 Å². The molecule has 1 aromatic carbocycles. The molecule has 2 aromatic rings. The van der Waals surface area contributed by atoms with Gasteiger partial charge in [-0.15, -0.1) is 11.3 Å². The summed E-state index contributed by atoms with van der Waals surface area (Å²) in [7, 11) is -3.45. The van der Waals surface area contributed by atoms with Gasteiger partial charge in [-0.3, -0.25) is 4.90 Å². The normalized spacial score (nSPS) is 17.9. The maximum atomic E-state index is 12.4. The maximum Gasteiger partial charge on any atom is 0.250 e. The quantitative estimate of drug-likeness (QED) is 0.865. The standard InChI is InChI=1S/C16H20N2O3S2/c19-23(20,16-7-4-12-22-16)17-13-15(14-5-2-1-3-6-14)18-8-10-21-11-9-18/h1-7,12,15,17H,8-11,13H2. The van der Waals surface area contributed by atoms with Gasteiger partial charge in [0.1, 0.15) is 4.21 Å². The first kappa shape index (κ1) is 16.6. The Kier molecular flexibility index (Phi) is 5.45. The highest BCUT2D eigenvalue weighted by Crippen LogP contribution is 2.22. The lowest BCUT2D eigenvalue weighted by Crippen LogP contribution is -2.43. The van der Waals surface area contributed by atoms with Crippen LogP contribution in [-0.2, 0) is 14.8 Å². The molecular weight excluding hydrogens is 332 g/mol. The molecule has 0 bridgehead atoms. The third-order valence-corrected chi connectivity index (χ3v) is 6.72. The molecule has 1 fully saturated rings. The van der Waals surface area contributed by atoms with Crippen molar-refractivity contribution < 1.29 is 13.2 Å². The molecule has 2 heterocycles. The number of ether oxygens (including phenoxy) is 1. The Balaban J connectivity index is 1.76. The van der Waals surface area contributed by atoms with E-state index in [2.05, 4.69) is 9.62 Å². The zero-order valence-corrected chi connectivity index (χ0v) is 14.4. The number of morpholine rings is 1. The Morgan fingerprint density at radius 2 is 1.87 bits per heavy atom. The highest BCUT2D eigenvalue weighted by molar-refractivity contribution is 7.91. The molecule has 1 aromatic heterocycles. The van der Waals surface area contributed by atoms with Crippen LogP contribution in [-0.4, -0.2) is 46.2 Å². The van der Waals surface area contributed by atoms with Crippen molar-refractivity contribution in [3.63, 3.8) is 0 Å². The van der Waals surface area contributed by atoms with E-state index in [9.17, 15) is 8.42 Å².